The third-order valence-electron chi connectivity index (χ3n) is 2.21. The molecule has 0 bridgehead atoms. The Labute approximate surface area is 128 Å². The lowest BCUT2D eigenvalue weighted by atomic mass is 10.2. The summed E-state index contributed by atoms with van der Waals surface area (Å²) in [6.45, 7) is 0. The number of carbonyl (C=O) groups is 1. The van der Waals surface area contributed by atoms with Crippen LogP contribution in [0.4, 0.5) is 5.95 Å². The van der Waals surface area contributed by atoms with Crippen LogP contribution in [0.1, 0.15) is 10.4 Å². The van der Waals surface area contributed by atoms with Crippen LogP contribution in [-0.4, -0.2) is 23.0 Å². The van der Waals surface area contributed by atoms with Gasteiger partial charge in [-0.15, -0.1) is 0 Å². The van der Waals surface area contributed by atoms with Gasteiger partial charge >= 0.3 is 0 Å². The lowest BCUT2D eigenvalue weighted by Crippen LogP contribution is -2.14. The molecule has 0 saturated carbocycles. The van der Waals surface area contributed by atoms with E-state index >= 15 is 0 Å². The van der Waals surface area contributed by atoms with Gasteiger partial charge in [-0.05, 0) is 46.9 Å². The standard InChI is InChI=1S/C12H9ClIN3O2/c1-19-10-6-9(13)15-12(16-10)17-11(18)7-2-4-8(14)5-3-7/h2-6H,1H3,(H,15,16,17,18). The zero-order chi connectivity index (χ0) is 13.8. The van der Waals surface area contributed by atoms with Crippen molar-refractivity contribution in [3.05, 3.63) is 44.6 Å². The highest BCUT2D eigenvalue weighted by Gasteiger charge is 2.09. The minimum atomic E-state index is -0.305. The molecule has 0 aliphatic carbocycles. The highest BCUT2D eigenvalue weighted by atomic mass is 127. The van der Waals surface area contributed by atoms with E-state index in [1.165, 1.54) is 13.2 Å². The molecule has 2 aromatic rings. The number of nitrogens with zero attached hydrogens (tertiary/aromatic N) is 2. The summed E-state index contributed by atoms with van der Waals surface area (Å²) >= 11 is 7.96. The predicted molar refractivity (Wildman–Crippen MR) is 80.7 cm³/mol. The van der Waals surface area contributed by atoms with Crippen molar-refractivity contribution in [2.24, 2.45) is 0 Å². The Bertz CT molecular complexity index is 604. The second-order valence-corrected chi connectivity index (χ2v) is 5.15. The van der Waals surface area contributed by atoms with Crippen molar-refractivity contribution < 1.29 is 9.53 Å². The zero-order valence-corrected chi connectivity index (χ0v) is 12.8. The zero-order valence-electron chi connectivity index (χ0n) is 9.85. The van der Waals surface area contributed by atoms with Crippen LogP contribution in [0.2, 0.25) is 5.15 Å². The summed E-state index contributed by atoms with van der Waals surface area (Å²) in [4.78, 5) is 19.8. The number of benzene rings is 1. The van der Waals surface area contributed by atoms with Crippen molar-refractivity contribution in [1.29, 1.82) is 0 Å². The summed E-state index contributed by atoms with van der Waals surface area (Å²) in [6, 6.07) is 8.59. The predicted octanol–water partition coefficient (Wildman–Crippen LogP) is 3.00. The Morgan fingerprint density at radius 1 is 1.32 bits per heavy atom. The molecule has 2 rings (SSSR count). The van der Waals surface area contributed by atoms with Gasteiger partial charge in [0.15, 0.2) is 0 Å². The third-order valence-corrected chi connectivity index (χ3v) is 3.13. The number of nitrogens with one attached hydrogen (secondary N) is 1. The number of halogens is 2. The summed E-state index contributed by atoms with van der Waals surface area (Å²) < 4.78 is 6.00. The van der Waals surface area contributed by atoms with Crippen LogP contribution in [-0.2, 0) is 0 Å². The van der Waals surface area contributed by atoms with Gasteiger partial charge in [0.2, 0.25) is 11.8 Å². The van der Waals surface area contributed by atoms with Crippen molar-refractivity contribution in [3.8, 4) is 5.88 Å². The van der Waals surface area contributed by atoms with Crippen molar-refractivity contribution in [2.45, 2.75) is 0 Å². The molecule has 5 nitrogen and oxygen atoms in total. The quantitative estimate of drug-likeness (QED) is 0.647. The molecule has 0 aliphatic heterocycles. The largest absolute Gasteiger partial charge is 0.481 e. The van der Waals surface area contributed by atoms with E-state index in [0.717, 1.165) is 3.57 Å². The topological polar surface area (TPSA) is 64.1 Å². The molecule has 1 heterocycles. The third kappa shape index (κ3) is 3.77. The first-order valence-corrected chi connectivity index (χ1v) is 6.69. The van der Waals surface area contributed by atoms with Crippen LogP contribution in [0.15, 0.2) is 30.3 Å². The van der Waals surface area contributed by atoms with Gasteiger partial charge in [-0.3, -0.25) is 10.1 Å². The molecular weight excluding hydrogens is 381 g/mol. The van der Waals surface area contributed by atoms with Crippen molar-refractivity contribution in [2.75, 3.05) is 12.4 Å². The van der Waals surface area contributed by atoms with Crippen molar-refractivity contribution in [3.63, 3.8) is 0 Å². The number of methoxy groups -OCH3 is 1. The normalized spacial score (nSPS) is 10.1. The average Bonchev–Trinajstić information content (AvgIpc) is 2.38. The molecule has 0 aliphatic rings. The van der Waals surface area contributed by atoms with E-state index in [1.807, 2.05) is 12.1 Å². The molecule has 7 heteroatoms. The van der Waals surface area contributed by atoms with Gasteiger partial charge in [0, 0.05) is 15.2 Å². The van der Waals surface area contributed by atoms with Gasteiger partial charge < -0.3 is 4.74 Å². The highest BCUT2D eigenvalue weighted by molar-refractivity contribution is 14.1. The second-order valence-electron chi connectivity index (χ2n) is 3.52. The molecule has 0 unspecified atom stereocenters. The molecule has 0 saturated heterocycles. The molecule has 19 heavy (non-hydrogen) atoms. The average molecular weight is 390 g/mol. The number of hydrogen-bond acceptors (Lipinski definition) is 4. The summed E-state index contributed by atoms with van der Waals surface area (Å²) in [7, 11) is 1.46. The van der Waals surface area contributed by atoms with Gasteiger partial charge in [-0.1, -0.05) is 11.6 Å². The number of anilines is 1. The van der Waals surface area contributed by atoms with Crippen LogP contribution in [0.3, 0.4) is 0 Å². The van der Waals surface area contributed by atoms with E-state index in [4.69, 9.17) is 16.3 Å². The summed E-state index contributed by atoms with van der Waals surface area (Å²) in [5, 5.41) is 2.76. The Morgan fingerprint density at radius 2 is 2.00 bits per heavy atom. The summed E-state index contributed by atoms with van der Waals surface area (Å²) in [5.41, 5.74) is 0.517. The lowest BCUT2D eigenvalue weighted by Gasteiger charge is -2.06. The Balaban J connectivity index is 2.18. The fraction of sp³-hybridized carbons (Fsp3) is 0.0833. The van der Waals surface area contributed by atoms with Gasteiger partial charge in [-0.2, -0.15) is 4.98 Å². The van der Waals surface area contributed by atoms with Crippen LogP contribution in [0, 0.1) is 3.57 Å². The van der Waals surface area contributed by atoms with Crippen molar-refractivity contribution in [1.82, 2.24) is 9.97 Å². The van der Waals surface area contributed by atoms with Gasteiger partial charge in [0.25, 0.3) is 5.91 Å². The fourth-order valence-corrected chi connectivity index (χ4v) is 1.87. The fourth-order valence-electron chi connectivity index (χ4n) is 1.33. The smallest absolute Gasteiger partial charge is 0.258 e. The Kier molecular flexibility index (Phi) is 4.54. The molecule has 1 amide bonds. The second kappa shape index (κ2) is 6.16. The van der Waals surface area contributed by atoms with Crippen molar-refractivity contribution >= 4 is 46.0 Å². The van der Waals surface area contributed by atoms with E-state index in [-0.39, 0.29) is 22.9 Å². The van der Waals surface area contributed by atoms with Gasteiger partial charge in [0.05, 0.1) is 7.11 Å². The van der Waals surface area contributed by atoms with Crippen LogP contribution in [0.25, 0.3) is 0 Å². The van der Waals surface area contributed by atoms with Gasteiger partial charge in [-0.25, -0.2) is 4.98 Å². The number of ether oxygens (including phenoxy) is 1. The number of hydrogen-bond donors (Lipinski definition) is 1. The van der Waals surface area contributed by atoms with Crippen LogP contribution >= 0.6 is 34.2 Å². The van der Waals surface area contributed by atoms with E-state index in [9.17, 15) is 4.79 Å². The minimum absolute atomic E-state index is 0.105. The van der Waals surface area contributed by atoms with E-state index in [2.05, 4.69) is 37.9 Å². The first-order valence-electron chi connectivity index (χ1n) is 5.24. The molecule has 1 N–H and O–H groups in total. The summed E-state index contributed by atoms with van der Waals surface area (Å²) in [5.74, 6) is 0.0894. The van der Waals surface area contributed by atoms with Gasteiger partial charge in [0.1, 0.15) is 5.15 Å². The van der Waals surface area contributed by atoms with Crippen LogP contribution in [0.5, 0.6) is 5.88 Å². The number of rotatable bonds is 3. The monoisotopic (exact) mass is 389 g/mol. The van der Waals surface area contributed by atoms with E-state index < -0.39 is 0 Å². The molecule has 0 fully saturated rings. The molecule has 1 aromatic heterocycles. The number of carbonyl (C=O) groups excluding carboxylic acids is 1. The maximum Gasteiger partial charge on any atom is 0.258 e. The first kappa shape index (κ1) is 14.0. The Hall–Kier alpha value is -1.41. The number of amides is 1. The molecule has 0 radical (unpaired) electrons. The summed E-state index contributed by atoms with van der Waals surface area (Å²) in [6.07, 6.45) is 0. The Morgan fingerprint density at radius 3 is 2.63 bits per heavy atom. The molecule has 1 aromatic carbocycles. The minimum Gasteiger partial charge on any atom is -0.481 e. The lowest BCUT2D eigenvalue weighted by molar-refractivity contribution is 0.102. The van der Waals surface area contributed by atoms with Crippen LogP contribution < -0.4 is 10.1 Å². The maximum atomic E-state index is 12.0. The van der Waals surface area contributed by atoms with E-state index in [1.54, 1.807) is 12.1 Å². The molecule has 0 spiro atoms. The van der Waals surface area contributed by atoms with E-state index in [0.29, 0.717) is 5.56 Å². The number of aromatic nitrogens is 2. The SMILES string of the molecule is COc1cc(Cl)nc(NC(=O)c2ccc(I)cc2)n1. The molecular formula is C12H9ClIN3O2. The molecule has 0 atom stereocenters. The maximum absolute atomic E-state index is 12.0. The highest BCUT2D eigenvalue weighted by Crippen LogP contribution is 2.16. The first-order chi connectivity index (χ1) is 9.08. The molecule has 98 valence electrons.